The summed E-state index contributed by atoms with van der Waals surface area (Å²) in [5.74, 6) is 0. The summed E-state index contributed by atoms with van der Waals surface area (Å²) >= 11 is 0. The molecule has 1 rings (SSSR count). The van der Waals surface area contributed by atoms with E-state index >= 15 is 0 Å². The minimum absolute atomic E-state index is 0.990. The molecule has 0 aliphatic rings. The lowest BCUT2D eigenvalue weighted by atomic mass is 10.2. The van der Waals surface area contributed by atoms with E-state index in [1.165, 1.54) is 36.1 Å². The highest BCUT2D eigenvalue weighted by Crippen LogP contribution is 2.03. The Bertz CT molecular complexity index is 283. The molecule has 0 aliphatic heterocycles. The average molecular weight is 216 g/mol. The summed E-state index contributed by atoms with van der Waals surface area (Å²) in [6.45, 7) is 4.34. The van der Waals surface area contributed by atoms with Crippen molar-refractivity contribution < 1.29 is 0 Å². The van der Waals surface area contributed by atoms with Crippen LogP contribution in [0.25, 0.3) is 0 Å². The Labute approximate surface area is 96.2 Å². The van der Waals surface area contributed by atoms with Gasteiger partial charge in [0.05, 0.1) is 9.52 Å². The second-order valence-corrected chi connectivity index (χ2v) is 5.50. The molecule has 0 unspecified atom stereocenters. The van der Waals surface area contributed by atoms with Gasteiger partial charge >= 0.3 is 0 Å². The predicted octanol–water partition coefficient (Wildman–Crippen LogP) is 3.57. The molecule has 0 aliphatic carbocycles. The van der Waals surface area contributed by atoms with Crippen molar-refractivity contribution in [2.24, 2.45) is 0 Å². The Hall–Kier alpha value is -0.823. The summed E-state index contributed by atoms with van der Waals surface area (Å²) in [7, 11) is 0.990. The molecule has 0 amide bonds. The van der Waals surface area contributed by atoms with Crippen LogP contribution in [0.15, 0.2) is 42.0 Å². The van der Waals surface area contributed by atoms with Crippen LogP contribution >= 0.6 is 0 Å². The highest BCUT2D eigenvalue weighted by Gasteiger charge is 1.93. The van der Waals surface area contributed by atoms with Crippen molar-refractivity contribution in [3.8, 4) is 0 Å². The minimum Gasteiger partial charge on any atom is -0.0859 e. The predicted molar refractivity (Wildman–Crippen MR) is 69.9 cm³/mol. The third-order valence-electron chi connectivity index (χ3n) is 2.29. The third kappa shape index (κ3) is 6.29. The van der Waals surface area contributed by atoms with Gasteiger partial charge in [0.2, 0.25) is 0 Å². The molecular formula is C14H20Si. The lowest BCUT2D eigenvalue weighted by molar-refractivity contribution is 0.808. The van der Waals surface area contributed by atoms with Gasteiger partial charge in [-0.1, -0.05) is 66.1 Å². The number of hydrogen-bond acceptors (Lipinski definition) is 0. The van der Waals surface area contributed by atoms with Gasteiger partial charge in [0.1, 0.15) is 0 Å². The van der Waals surface area contributed by atoms with Crippen molar-refractivity contribution >= 4 is 14.7 Å². The van der Waals surface area contributed by atoms with Crippen LogP contribution < -0.4 is 5.19 Å². The molecule has 1 aromatic carbocycles. The van der Waals surface area contributed by atoms with E-state index in [1.54, 1.807) is 0 Å². The van der Waals surface area contributed by atoms with Crippen LogP contribution in [0.1, 0.15) is 33.1 Å². The summed E-state index contributed by atoms with van der Waals surface area (Å²) in [4.78, 5) is 0. The molecule has 0 bridgehead atoms. The van der Waals surface area contributed by atoms with Gasteiger partial charge in [0.25, 0.3) is 0 Å². The number of benzene rings is 1. The van der Waals surface area contributed by atoms with Crippen molar-refractivity contribution in [2.45, 2.75) is 39.2 Å². The molecule has 0 saturated carbocycles. The van der Waals surface area contributed by atoms with E-state index in [2.05, 4.69) is 50.3 Å². The largest absolute Gasteiger partial charge is 0.0859 e. The van der Waals surface area contributed by atoms with Crippen molar-refractivity contribution in [2.75, 3.05) is 0 Å². The standard InChI is InChI=1S/C14H20Si/c1-13(2)9-5-4-8-12-15-14-10-6-3-7-11-14/h3,6-7,9-11H,4-5,8,12H2,1-2H3. The molecule has 0 N–H and O–H groups in total. The maximum atomic E-state index is 2.34. The molecule has 1 heteroatoms. The molecule has 0 nitrogen and oxygen atoms in total. The van der Waals surface area contributed by atoms with E-state index in [0.717, 1.165) is 9.52 Å². The van der Waals surface area contributed by atoms with E-state index in [-0.39, 0.29) is 0 Å². The molecule has 2 radical (unpaired) electrons. The lowest BCUT2D eigenvalue weighted by Gasteiger charge is -1.99. The molecule has 0 saturated heterocycles. The molecule has 0 heterocycles. The second-order valence-electron chi connectivity index (χ2n) is 4.07. The third-order valence-corrected chi connectivity index (χ3v) is 3.63. The molecule has 0 atom stereocenters. The van der Waals surface area contributed by atoms with Crippen molar-refractivity contribution in [3.05, 3.63) is 42.0 Å². The molecular weight excluding hydrogens is 196 g/mol. The van der Waals surface area contributed by atoms with Crippen LogP contribution in [0.2, 0.25) is 6.04 Å². The maximum Gasteiger partial charge on any atom is 0.0807 e. The van der Waals surface area contributed by atoms with Crippen molar-refractivity contribution in [3.63, 3.8) is 0 Å². The Kier molecular flexibility index (Phi) is 6.10. The fourth-order valence-corrected chi connectivity index (χ4v) is 2.59. The van der Waals surface area contributed by atoms with Gasteiger partial charge in [-0.2, -0.15) is 0 Å². The van der Waals surface area contributed by atoms with Crippen LogP contribution in [-0.4, -0.2) is 9.52 Å². The maximum absolute atomic E-state index is 2.34. The monoisotopic (exact) mass is 216 g/mol. The number of rotatable bonds is 6. The Balaban J connectivity index is 2.05. The molecule has 0 aromatic heterocycles. The summed E-state index contributed by atoms with van der Waals surface area (Å²) < 4.78 is 0. The molecule has 1 aromatic rings. The van der Waals surface area contributed by atoms with Gasteiger partial charge in [-0.25, -0.2) is 0 Å². The van der Waals surface area contributed by atoms with Gasteiger partial charge < -0.3 is 0 Å². The van der Waals surface area contributed by atoms with Crippen LogP contribution in [0.4, 0.5) is 0 Å². The van der Waals surface area contributed by atoms with E-state index < -0.39 is 0 Å². The molecule has 0 fully saturated rings. The SMILES string of the molecule is CC(C)=CCCCC[Si]c1ccccc1. The fraction of sp³-hybridized carbons (Fsp3) is 0.429. The first-order valence-corrected chi connectivity index (χ1v) is 6.92. The highest BCUT2D eigenvalue weighted by atomic mass is 28.2. The van der Waals surface area contributed by atoms with Crippen molar-refractivity contribution in [1.82, 2.24) is 0 Å². The quantitative estimate of drug-likeness (QED) is 0.387. The summed E-state index contributed by atoms with van der Waals surface area (Å²) in [5, 5.41) is 1.50. The zero-order valence-electron chi connectivity index (χ0n) is 9.79. The van der Waals surface area contributed by atoms with Gasteiger partial charge in [0.15, 0.2) is 0 Å². The Morgan fingerprint density at radius 2 is 1.87 bits per heavy atom. The molecule has 0 spiro atoms. The first kappa shape index (κ1) is 12.2. The summed E-state index contributed by atoms with van der Waals surface area (Å²) in [5.41, 5.74) is 1.44. The fourth-order valence-electron chi connectivity index (χ4n) is 1.45. The zero-order chi connectivity index (χ0) is 10.9. The van der Waals surface area contributed by atoms with E-state index in [9.17, 15) is 0 Å². The molecule has 15 heavy (non-hydrogen) atoms. The van der Waals surface area contributed by atoms with Crippen LogP contribution in [-0.2, 0) is 0 Å². The summed E-state index contributed by atoms with van der Waals surface area (Å²) in [6.07, 6.45) is 6.29. The number of allylic oxidation sites excluding steroid dienone is 2. The lowest BCUT2D eigenvalue weighted by Crippen LogP contribution is -2.12. The highest BCUT2D eigenvalue weighted by molar-refractivity contribution is 6.53. The van der Waals surface area contributed by atoms with Crippen molar-refractivity contribution in [1.29, 1.82) is 0 Å². The average Bonchev–Trinajstić information content (AvgIpc) is 2.24. The second kappa shape index (κ2) is 7.47. The van der Waals surface area contributed by atoms with E-state index in [0.29, 0.717) is 0 Å². The Morgan fingerprint density at radius 3 is 2.53 bits per heavy atom. The van der Waals surface area contributed by atoms with Crippen LogP contribution in [0.3, 0.4) is 0 Å². The van der Waals surface area contributed by atoms with Crippen LogP contribution in [0, 0.1) is 0 Å². The number of unbranched alkanes of at least 4 members (excludes halogenated alkanes) is 2. The smallest absolute Gasteiger partial charge is 0.0807 e. The minimum atomic E-state index is 0.990. The van der Waals surface area contributed by atoms with Crippen LogP contribution in [0.5, 0.6) is 0 Å². The van der Waals surface area contributed by atoms with Gasteiger partial charge in [-0.3, -0.25) is 0 Å². The normalized spacial score (nSPS) is 10.0. The first-order valence-electron chi connectivity index (χ1n) is 5.71. The van der Waals surface area contributed by atoms with Gasteiger partial charge in [-0.15, -0.1) is 0 Å². The van der Waals surface area contributed by atoms with Gasteiger partial charge in [0, 0.05) is 0 Å². The zero-order valence-corrected chi connectivity index (χ0v) is 10.8. The molecule has 80 valence electrons. The topological polar surface area (TPSA) is 0 Å². The first-order chi connectivity index (χ1) is 7.29. The van der Waals surface area contributed by atoms with E-state index in [4.69, 9.17) is 0 Å². The van der Waals surface area contributed by atoms with Gasteiger partial charge in [-0.05, 0) is 20.3 Å². The van der Waals surface area contributed by atoms with E-state index in [1.807, 2.05) is 0 Å². The summed E-state index contributed by atoms with van der Waals surface area (Å²) in [6, 6.07) is 12.2. The Morgan fingerprint density at radius 1 is 1.13 bits per heavy atom. The number of hydrogen-bond donors (Lipinski definition) is 0.